The van der Waals surface area contributed by atoms with Crippen LogP contribution in [0.5, 0.6) is 0 Å². The molecule has 0 atom stereocenters. The molecule has 2 rings (SSSR count). The number of ether oxygens (including phenoxy) is 2. The summed E-state index contributed by atoms with van der Waals surface area (Å²) in [4.78, 5) is 16.7. The standard InChI is InChI=1S/C23H40N4O4/c1-5-29-16-7-14-24-21(25-15-13-20-8-6-17-30-20)26-18-9-11-19(12-10-18)27-22(28)31-23(2,3)4/h6,8,17-19H,5,7,9-16H2,1-4H3,(H,27,28)(H2,24,25,26). The second-order valence-electron chi connectivity index (χ2n) is 8.88. The molecule has 1 aromatic heterocycles. The van der Waals surface area contributed by atoms with Crippen molar-refractivity contribution in [3.05, 3.63) is 24.2 Å². The number of nitrogens with one attached hydrogen (secondary N) is 3. The third-order valence-electron chi connectivity index (χ3n) is 4.95. The maximum atomic E-state index is 12.0. The van der Waals surface area contributed by atoms with Gasteiger partial charge in [0.1, 0.15) is 11.4 Å². The Kier molecular flexibility index (Phi) is 10.7. The van der Waals surface area contributed by atoms with Gasteiger partial charge in [0.2, 0.25) is 0 Å². The Morgan fingerprint density at radius 3 is 2.52 bits per heavy atom. The molecule has 8 heteroatoms. The van der Waals surface area contributed by atoms with E-state index < -0.39 is 5.60 Å². The van der Waals surface area contributed by atoms with Crippen LogP contribution in [0.15, 0.2) is 27.8 Å². The minimum atomic E-state index is -0.475. The van der Waals surface area contributed by atoms with E-state index in [0.717, 1.165) is 70.0 Å². The molecule has 1 aliphatic carbocycles. The van der Waals surface area contributed by atoms with Crippen molar-refractivity contribution in [2.45, 2.75) is 83.9 Å². The van der Waals surface area contributed by atoms with E-state index in [1.54, 1.807) is 6.26 Å². The lowest BCUT2D eigenvalue weighted by molar-refractivity contribution is 0.0490. The first-order valence-electron chi connectivity index (χ1n) is 11.5. The SMILES string of the molecule is CCOCCCN=C(NCCc1ccco1)NC1CCC(NC(=O)OC(C)(C)C)CC1. The second kappa shape index (κ2) is 13.2. The fourth-order valence-corrected chi connectivity index (χ4v) is 3.46. The zero-order valence-corrected chi connectivity index (χ0v) is 19.5. The lowest BCUT2D eigenvalue weighted by Gasteiger charge is -2.31. The van der Waals surface area contributed by atoms with Crippen LogP contribution in [0.2, 0.25) is 0 Å². The number of alkyl carbamates (subject to hydrolysis) is 1. The molecule has 1 aliphatic rings. The normalized spacial score (nSPS) is 19.7. The minimum Gasteiger partial charge on any atom is -0.469 e. The molecule has 0 spiro atoms. The molecule has 0 unspecified atom stereocenters. The van der Waals surface area contributed by atoms with E-state index >= 15 is 0 Å². The van der Waals surface area contributed by atoms with Gasteiger partial charge >= 0.3 is 6.09 Å². The molecule has 31 heavy (non-hydrogen) atoms. The van der Waals surface area contributed by atoms with E-state index in [-0.39, 0.29) is 12.1 Å². The summed E-state index contributed by atoms with van der Waals surface area (Å²) in [5.74, 6) is 1.78. The molecular weight excluding hydrogens is 396 g/mol. The van der Waals surface area contributed by atoms with Gasteiger partial charge in [-0.05, 0) is 71.9 Å². The van der Waals surface area contributed by atoms with Crippen molar-refractivity contribution in [2.24, 2.45) is 4.99 Å². The van der Waals surface area contributed by atoms with Gasteiger partial charge in [0, 0.05) is 44.8 Å². The highest BCUT2D eigenvalue weighted by Crippen LogP contribution is 2.19. The minimum absolute atomic E-state index is 0.159. The number of carbonyl (C=O) groups is 1. The van der Waals surface area contributed by atoms with Gasteiger partial charge < -0.3 is 29.8 Å². The van der Waals surface area contributed by atoms with Crippen LogP contribution < -0.4 is 16.0 Å². The van der Waals surface area contributed by atoms with Gasteiger partial charge in [-0.15, -0.1) is 0 Å². The summed E-state index contributed by atoms with van der Waals surface area (Å²) in [7, 11) is 0. The fourth-order valence-electron chi connectivity index (χ4n) is 3.46. The van der Waals surface area contributed by atoms with Crippen molar-refractivity contribution >= 4 is 12.1 Å². The highest BCUT2D eigenvalue weighted by molar-refractivity contribution is 5.80. The highest BCUT2D eigenvalue weighted by atomic mass is 16.6. The van der Waals surface area contributed by atoms with Crippen LogP contribution in [0.1, 0.15) is 65.6 Å². The van der Waals surface area contributed by atoms with Crippen molar-refractivity contribution in [2.75, 3.05) is 26.3 Å². The Hall–Kier alpha value is -2.22. The maximum Gasteiger partial charge on any atom is 0.407 e. The number of nitrogens with zero attached hydrogens (tertiary/aromatic N) is 1. The van der Waals surface area contributed by atoms with Crippen LogP contribution in [0.25, 0.3) is 0 Å². The summed E-state index contributed by atoms with van der Waals surface area (Å²) < 4.78 is 16.2. The quantitative estimate of drug-likeness (QED) is 0.294. The van der Waals surface area contributed by atoms with Crippen LogP contribution >= 0.6 is 0 Å². The molecule has 1 saturated carbocycles. The molecule has 1 fully saturated rings. The van der Waals surface area contributed by atoms with Crippen molar-refractivity contribution in [3.63, 3.8) is 0 Å². The molecule has 1 heterocycles. The number of aliphatic imine (C=N–C) groups is 1. The molecule has 0 aliphatic heterocycles. The smallest absolute Gasteiger partial charge is 0.407 e. The Morgan fingerprint density at radius 1 is 1.19 bits per heavy atom. The zero-order valence-electron chi connectivity index (χ0n) is 19.5. The molecule has 3 N–H and O–H groups in total. The lowest BCUT2D eigenvalue weighted by Crippen LogP contribution is -2.48. The third-order valence-corrected chi connectivity index (χ3v) is 4.95. The predicted molar refractivity (Wildman–Crippen MR) is 122 cm³/mol. The Balaban J connectivity index is 1.77. The number of guanidine groups is 1. The van der Waals surface area contributed by atoms with Gasteiger partial charge in [0.25, 0.3) is 0 Å². The van der Waals surface area contributed by atoms with Crippen molar-refractivity contribution in [1.29, 1.82) is 0 Å². The molecule has 0 aromatic carbocycles. The zero-order chi connectivity index (χ0) is 22.5. The van der Waals surface area contributed by atoms with E-state index in [4.69, 9.17) is 18.9 Å². The van der Waals surface area contributed by atoms with Crippen molar-refractivity contribution in [1.82, 2.24) is 16.0 Å². The van der Waals surface area contributed by atoms with E-state index in [1.165, 1.54) is 0 Å². The summed E-state index contributed by atoms with van der Waals surface area (Å²) in [6.45, 7) is 10.6. The monoisotopic (exact) mass is 436 g/mol. The second-order valence-corrected chi connectivity index (χ2v) is 8.88. The number of hydrogen-bond donors (Lipinski definition) is 3. The Morgan fingerprint density at radius 2 is 1.90 bits per heavy atom. The van der Waals surface area contributed by atoms with E-state index in [2.05, 4.69) is 16.0 Å². The summed E-state index contributed by atoms with van der Waals surface area (Å²) in [6, 6.07) is 4.37. The average molecular weight is 437 g/mol. The lowest BCUT2D eigenvalue weighted by atomic mass is 9.91. The van der Waals surface area contributed by atoms with Gasteiger partial charge in [-0.1, -0.05) is 0 Å². The molecule has 0 saturated heterocycles. The number of hydrogen-bond acceptors (Lipinski definition) is 5. The van der Waals surface area contributed by atoms with Gasteiger partial charge in [0.15, 0.2) is 5.96 Å². The van der Waals surface area contributed by atoms with Gasteiger partial charge in [0.05, 0.1) is 6.26 Å². The number of furan rings is 1. The Bertz CT molecular complexity index is 647. The van der Waals surface area contributed by atoms with Crippen LogP contribution in [0.4, 0.5) is 4.79 Å². The van der Waals surface area contributed by atoms with Gasteiger partial charge in [-0.2, -0.15) is 0 Å². The topological polar surface area (TPSA) is 97.1 Å². The molecule has 1 amide bonds. The molecular formula is C23H40N4O4. The van der Waals surface area contributed by atoms with E-state index in [9.17, 15) is 4.79 Å². The van der Waals surface area contributed by atoms with Crippen LogP contribution in [-0.4, -0.2) is 56.0 Å². The fraction of sp³-hybridized carbons (Fsp3) is 0.739. The molecule has 0 bridgehead atoms. The van der Waals surface area contributed by atoms with Gasteiger partial charge in [-0.25, -0.2) is 4.79 Å². The molecule has 176 valence electrons. The highest BCUT2D eigenvalue weighted by Gasteiger charge is 2.25. The van der Waals surface area contributed by atoms with E-state index in [0.29, 0.717) is 12.6 Å². The first-order chi connectivity index (χ1) is 14.9. The predicted octanol–water partition coefficient (Wildman–Crippen LogP) is 3.62. The van der Waals surface area contributed by atoms with Crippen LogP contribution in [-0.2, 0) is 15.9 Å². The number of amides is 1. The number of rotatable bonds is 10. The van der Waals surface area contributed by atoms with Crippen LogP contribution in [0, 0.1) is 0 Å². The van der Waals surface area contributed by atoms with E-state index in [1.807, 2.05) is 39.8 Å². The number of carbonyl (C=O) groups excluding carboxylic acids is 1. The Labute approximate surface area is 186 Å². The maximum absolute atomic E-state index is 12.0. The average Bonchev–Trinajstić information content (AvgIpc) is 3.21. The molecule has 8 nitrogen and oxygen atoms in total. The summed E-state index contributed by atoms with van der Waals surface area (Å²) in [6.07, 6.45) is 6.84. The molecule has 1 aromatic rings. The summed E-state index contributed by atoms with van der Waals surface area (Å²) in [5.41, 5.74) is -0.475. The first-order valence-corrected chi connectivity index (χ1v) is 11.5. The first kappa shape index (κ1) is 25.0. The van der Waals surface area contributed by atoms with Crippen molar-refractivity contribution < 1.29 is 18.7 Å². The largest absolute Gasteiger partial charge is 0.469 e. The molecule has 0 radical (unpaired) electrons. The summed E-state index contributed by atoms with van der Waals surface area (Å²) >= 11 is 0. The third kappa shape index (κ3) is 11.1. The van der Waals surface area contributed by atoms with Crippen molar-refractivity contribution in [3.8, 4) is 0 Å². The van der Waals surface area contributed by atoms with Gasteiger partial charge in [-0.3, -0.25) is 4.99 Å². The summed E-state index contributed by atoms with van der Waals surface area (Å²) in [5, 5.41) is 9.97. The van der Waals surface area contributed by atoms with Crippen LogP contribution in [0.3, 0.4) is 0 Å².